The molecule has 0 amide bonds. The Morgan fingerprint density at radius 1 is 0.923 bits per heavy atom. The van der Waals surface area contributed by atoms with Crippen LogP contribution in [-0.4, -0.2) is 28.8 Å². The van der Waals surface area contributed by atoms with Gasteiger partial charge in [-0.1, -0.05) is 54.0 Å². The Morgan fingerprint density at radius 3 is 2.27 bits per heavy atom. The number of aromatic nitrogens is 3. The van der Waals surface area contributed by atoms with E-state index in [9.17, 15) is 0 Å². The van der Waals surface area contributed by atoms with Crippen LogP contribution in [-0.2, 0) is 19.4 Å². The molecular weight excluding hydrogens is 345 g/mol. The highest BCUT2D eigenvalue weighted by Crippen LogP contribution is 2.24. The Labute approximate surface area is 158 Å². The largest absolute Gasteiger partial charge is 0.351 e. The summed E-state index contributed by atoms with van der Waals surface area (Å²) < 4.78 is 0. The van der Waals surface area contributed by atoms with E-state index in [1.807, 2.05) is 24.3 Å². The summed E-state index contributed by atoms with van der Waals surface area (Å²) in [6.07, 6.45) is 1.90. The van der Waals surface area contributed by atoms with Gasteiger partial charge in [-0.2, -0.15) is 15.0 Å². The fourth-order valence-corrected chi connectivity index (χ4v) is 3.31. The zero-order valence-electron chi connectivity index (χ0n) is 14.1. The Bertz CT molecular complexity index is 891. The van der Waals surface area contributed by atoms with Crippen molar-refractivity contribution in [3.8, 4) is 0 Å². The molecule has 2 N–H and O–H groups in total. The summed E-state index contributed by atoms with van der Waals surface area (Å²) in [4.78, 5) is 12.8. The lowest BCUT2D eigenvalue weighted by Gasteiger charge is -2.13. The first-order valence-corrected chi connectivity index (χ1v) is 8.87. The minimum Gasteiger partial charge on any atom is -0.351 e. The van der Waals surface area contributed by atoms with Gasteiger partial charge in [0, 0.05) is 12.6 Å². The molecule has 1 heterocycles. The molecule has 2 radical (unpaired) electrons. The van der Waals surface area contributed by atoms with Gasteiger partial charge < -0.3 is 10.6 Å². The second-order valence-electron chi connectivity index (χ2n) is 6.37. The number of halogens is 1. The molecule has 0 aliphatic heterocycles. The molecular formula is C19H17BClN5. The predicted octanol–water partition coefficient (Wildman–Crippen LogP) is 2.51. The molecule has 1 aliphatic carbocycles. The van der Waals surface area contributed by atoms with Crippen LogP contribution in [0.1, 0.15) is 16.7 Å². The number of rotatable bonds is 5. The van der Waals surface area contributed by atoms with Crippen molar-refractivity contribution < 1.29 is 0 Å². The van der Waals surface area contributed by atoms with Crippen molar-refractivity contribution in [1.82, 2.24) is 15.0 Å². The van der Waals surface area contributed by atoms with E-state index < -0.39 is 0 Å². The van der Waals surface area contributed by atoms with Gasteiger partial charge >= 0.3 is 0 Å². The highest BCUT2D eigenvalue weighted by atomic mass is 35.5. The van der Waals surface area contributed by atoms with Gasteiger partial charge in [-0.15, -0.1) is 0 Å². The van der Waals surface area contributed by atoms with Crippen molar-refractivity contribution in [2.24, 2.45) is 0 Å². The number of hydrogen-bond donors (Lipinski definition) is 2. The second-order valence-corrected chi connectivity index (χ2v) is 6.70. The van der Waals surface area contributed by atoms with Crippen LogP contribution in [0.3, 0.4) is 0 Å². The molecule has 3 aromatic rings. The van der Waals surface area contributed by atoms with Crippen LogP contribution < -0.4 is 16.1 Å². The van der Waals surface area contributed by atoms with Crippen molar-refractivity contribution in [2.45, 2.75) is 25.4 Å². The first-order valence-electron chi connectivity index (χ1n) is 8.49. The second kappa shape index (κ2) is 7.34. The van der Waals surface area contributed by atoms with E-state index in [1.165, 1.54) is 11.1 Å². The van der Waals surface area contributed by atoms with E-state index in [0.717, 1.165) is 23.9 Å². The summed E-state index contributed by atoms with van der Waals surface area (Å²) >= 11 is 6.07. The van der Waals surface area contributed by atoms with Crippen molar-refractivity contribution in [1.29, 1.82) is 0 Å². The Balaban J connectivity index is 1.42. The quantitative estimate of drug-likeness (QED) is 0.684. The topological polar surface area (TPSA) is 62.7 Å². The first kappa shape index (κ1) is 16.9. The zero-order valence-corrected chi connectivity index (χ0v) is 14.9. The number of nitrogens with zero attached hydrogens (tertiary/aromatic N) is 3. The number of fused-ring (bicyclic) bond motifs is 1. The van der Waals surface area contributed by atoms with E-state index in [2.05, 4.69) is 49.9 Å². The maximum absolute atomic E-state index is 6.07. The van der Waals surface area contributed by atoms with Gasteiger partial charge in [0.05, 0.1) is 0 Å². The Hall–Kier alpha value is -2.60. The first-order chi connectivity index (χ1) is 12.7. The molecule has 0 spiro atoms. The molecule has 0 bridgehead atoms. The maximum atomic E-state index is 6.07. The van der Waals surface area contributed by atoms with Gasteiger partial charge in [0.2, 0.25) is 17.2 Å². The summed E-state index contributed by atoms with van der Waals surface area (Å²) in [6.45, 7) is 0.578. The SMILES string of the molecule is [B]c1ccc(CNc2nc(Cl)nc(NC3Cc4ccccc4C3)n2)cc1. The van der Waals surface area contributed by atoms with Crippen molar-refractivity contribution in [3.05, 3.63) is 70.5 Å². The van der Waals surface area contributed by atoms with E-state index in [1.54, 1.807) is 0 Å². The van der Waals surface area contributed by atoms with Crippen LogP contribution in [0.2, 0.25) is 5.28 Å². The Morgan fingerprint density at radius 2 is 1.58 bits per heavy atom. The van der Waals surface area contributed by atoms with E-state index in [0.29, 0.717) is 18.4 Å². The molecule has 26 heavy (non-hydrogen) atoms. The van der Waals surface area contributed by atoms with Gasteiger partial charge in [-0.25, -0.2) is 0 Å². The molecule has 128 valence electrons. The monoisotopic (exact) mass is 361 g/mol. The van der Waals surface area contributed by atoms with Crippen LogP contribution in [0, 0.1) is 0 Å². The minimum absolute atomic E-state index is 0.165. The molecule has 2 aromatic carbocycles. The fraction of sp³-hybridized carbons (Fsp3) is 0.211. The van der Waals surface area contributed by atoms with Crippen LogP contribution in [0.15, 0.2) is 48.5 Å². The van der Waals surface area contributed by atoms with Gasteiger partial charge in [-0.3, -0.25) is 0 Å². The normalized spacial score (nSPS) is 13.4. The van der Waals surface area contributed by atoms with Gasteiger partial charge in [-0.05, 0) is 41.1 Å². The molecule has 0 unspecified atom stereocenters. The lowest BCUT2D eigenvalue weighted by molar-refractivity contribution is 0.759. The number of benzene rings is 2. The number of nitrogens with one attached hydrogen (secondary N) is 2. The van der Waals surface area contributed by atoms with Crippen molar-refractivity contribution in [3.63, 3.8) is 0 Å². The van der Waals surface area contributed by atoms with Gasteiger partial charge in [0.1, 0.15) is 7.85 Å². The highest BCUT2D eigenvalue weighted by Gasteiger charge is 2.21. The summed E-state index contributed by atoms with van der Waals surface area (Å²) in [5.41, 5.74) is 4.55. The molecule has 4 rings (SSSR count). The van der Waals surface area contributed by atoms with Crippen LogP contribution in [0.5, 0.6) is 0 Å². The summed E-state index contributed by atoms with van der Waals surface area (Å²) in [6, 6.07) is 16.4. The smallest absolute Gasteiger partial charge is 0.229 e. The zero-order chi connectivity index (χ0) is 17.9. The summed E-state index contributed by atoms with van der Waals surface area (Å²) in [5, 5.41) is 6.71. The van der Waals surface area contributed by atoms with Crippen molar-refractivity contribution in [2.75, 3.05) is 10.6 Å². The number of anilines is 2. The average Bonchev–Trinajstić information content (AvgIpc) is 3.03. The summed E-state index contributed by atoms with van der Waals surface area (Å²) in [5.74, 6) is 0.933. The summed E-state index contributed by atoms with van der Waals surface area (Å²) in [7, 11) is 5.70. The van der Waals surface area contributed by atoms with Crippen LogP contribution in [0.4, 0.5) is 11.9 Å². The molecule has 0 atom stereocenters. The molecule has 0 saturated carbocycles. The van der Waals surface area contributed by atoms with E-state index >= 15 is 0 Å². The van der Waals surface area contributed by atoms with Crippen LogP contribution in [0.25, 0.3) is 0 Å². The molecule has 5 nitrogen and oxygen atoms in total. The standard InChI is InChI=1S/C19H17BClN5/c20-15-7-5-12(6-8-15)11-22-18-24-17(21)25-19(26-18)23-16-9-13-3-1-2-4-14(13)10-16/h1-8,16H,9-11H2,(H2,22,23,24,25,26). The molecule has 1 aliphatic rings. The van der Waals surface area contributed by atoms with Crippen LogP contribution >= 0.6 is 11.6 Å². The highest BCUT2D eigenvalue weighted by molar-refractivity contribution is 6.32. The minimum atomic E-state index is 0.165. The molecule has 0 saturated heterocycles. The Kier molecular flexibility index (Phi) is 4.76. The number of hydrogen-bond acceptors (Lipinski definition) is 5. The molecule has 7 heteroatoms. The third-order valence-corrected chi connectivity index (χ3v) is 4.59. The lowest BCUT2D eigenvalue weighted by atomic mass is 9.95. The predicted molar refractivity (Wildman–Crippen MR) is 105 cm³/mol. The molecule has 1 aromatic heterocycles. The van der Waals surface area contributed by atoms with Crippen molar-refractivity contribution >= 4 is 36.8 Å². The average molecular weight is 362 g/mol. The maximum Gasteiger partial charge on any atom is 0.229 e. The third-order valence-electron chi connectivity index (χ3n) is 4.42. The van der Waals surface area contributed by atoms with Gasteiger partial charge in [0.25, 0.3) is 0 Å². The van der Waals surface area contributed by atoms with Gasteiger partial charge in [0.15, 0.2) is 0 Å². The lowest BCUT2D eigenvalue weighted by Crippen LogP contribution is -2.21. The fourth-order valence-electron chi connectivity index (χ4n) is 3.15. The molecule has 0 fully saturated rings. The van der Waals surface area contributed by atoms with E-state index in [4.69, 9.17) is 19.4 Å². The van der Waals surface area contributed by atoms with E-state index in [-0.39, 0.29) is 11.3 Å². The third kappa shape index (κ3) is 3.97.